The van der Waals surface area contributed by atoms with Crippen LogP contribution in [0.25, 0.3) is 34.0 Å². The van der Waals surface area contributed by atoms with Crippen LogP contribution in [0.1, 0.15) is 49.3 Å². The van der Waals surface area contributed by atoms with Gasteiger partial charge in [0, 0.05) is 16.7 Å². The van der Waals surface area contributed by atoms with Gasteiger partial charge in [0.1, 0.15) is 0 Å². The highest BCUT2D eigenvalue weighted by atomic mass is 19.3. The van der Waals surface area contributed by atoms with E-state index in [0.717, 1.165) is 22.3 Å². The highest BCUT2D eigenvalue weighted by Crippen LogP contribution is 2.35. The van der Waals surface area contributed by atoms with Gasteiger partial charge in [-0.2, -0.15) is 4.98 Å². The second-order valence-corrected chi connectivity index (χ2v) is 8.84. The molecule has 0 spiro atoms. The molecule has 180 valence electrons. The third-order valence-corrected chi connectivity index (χ3v) is 6.25. The van der Waals surface area contributed by atoms with Crippen LogP contribution in [-0.2, 0) is 4.79 Å². The first-order valence-corrected chi connectivity index (χ1v) is 11.4. The lowest BCUT2D eigenvalue weighted by molar-refractivity contribution is -0.141. The molecular weight excluding hydrogens is 450 g/mol. The van der Waals surface area contributed by atoms with Crippen LogP contribution in [-0.4, -0.2) is 21.2 Å². The molecular formula is C28H26F2N2O3. The smallest absolute Gasteiger partial charge is 0.306 e. The Morgan fingerprint density at radius 2 is 1.66 bits per heavy atom. The Bertz CT molecular complexity index is 1330. The van der Waals surface area contributed by atoms with Crippen molar-refractivity contribution in [3.8, 4) is 34.0 Å². The standard InChI is InChI=1S/C28H26F2N2O3/c1-16(14-18(3)28(33)34)19-8-10-20(11-9-19)26-31-27(35-32-26)21-12-13-22(17(2)15-21)23-6-4-5-7-24(23)25(29)30/h4-13,15-16,18,25H,14H2,1-3H3,(H,33,34)/t16-,18-/m0/s1. The summed E-state index contributed by atoms with van der Waals surface area (Å²) in [6.07, 6.45) is -2.00. The van der Waals surface area contributed by atoms with E-state index in [-0.39, 0.29) is 11.5 Å². The van der Waals surface area contributed by atoms with Crippen LogP contribution in [0.15, 0.2) is 71.3 Å². The van der Waals surface area contributed by atoms with E-state index in [1.807, 2.05) is 44.2 Å². The Morgan fingerprint density at radius 3 is 2.31 bits per heavy atom. The van der Waals surface area contributed by atoms with Gasteiger partial charge in [-0.05, 0) is 53.6 Å². The Labute approximate surface area is 202 Å². The van der Waals surface area contributed by atoms with Crippen LogP contribution >= 0.6 is 0 Å². The minimum absolute atomic E-state index is 0.00129. The van der Waals surface area contributed by atoms with Crippen molar-refractivity contribution in [1.82, 2.24) is 10.1 Å². The zero-order valence-corrected chi connectivity index (χ0v) is 19.7. The van der Waals surface area contributed by atoms with Crippen LogP contribution in [0, 0.1) is 12.8 Å². The first-order chi connectivity index (χ1) is 16.7. The maximum absolute atomic E-state index is 13.5. The molecule has 0 aliphatic carbocycles. The first kappa shape index (κ1) is 24.3. The molecule has 2 atom stereocenters. The zero-order valence-electron chi connectivity index (χ0n) is 19.7. The minimum Gasteiger partial charge on any atom is -0.481 e. The first-order valence-electron chi connectivity index (χ1n) is 11.4. The number of rotatable bonds is 8. The van der Waals surface area contributed by atoms with E-state index in [2.05, 4.69) is 10.1 Å². The predicted molar refractivity (Wildman–Crippen MR) is 130 cm³/mol. The summed E-state index contributed by atoms with van der Waals surface area (Å²) in [5.74, 6) is -0.336. The summed E-state index contributed by atoms with van der Waals surface area (Å²) in [6, 6.07) is 19.6. The van der Waals surface area contributed by atoms with Gasteiger partial charge in [-0.1, -0.05) is 73.6 Å². The number of nitrogens with zero attached hydrogens (tertiary/aromatic N) is 2. The monoisotopic (exact) mass is 476 g/mol. The molecule has 0 saturated heterocycles. The van der Waals surface area contributed by atoms with Crippen molar-refractivity contribution in [3.05, 3.63) is 83.4 Å². The van der Waals surface area contributed by atoms with E-state index in [1.165, 1.54) is 6.07 Å². The van der Waals surface area contributed by atoms with Crippen LogP contribution < -0.4 is 0 Å². The summed E-state index contributed by atoms with van der Waals surface area (Å²) in [5.41, 5.74) is 4.58. The number of alkyl halides is 2. The second-order valence-electron chi connectivity index (χ2n) is 8.84. The number of aliphatic carboxylic acids is 1. The maximum Gasteiger partial charge on any atom is 0.306 e. The molecule has 3 aromatic carbocycles. The predicted octanol–water partition coefficient (Wildman–Crippen LogP) is 7.53. The summed E-state index contributed by atoms with van der Waals surface area (Å²) < 4.78 is 32.4. The van der Waals surface area contributed by atoms with Crippen LogP contribution in [0.2, 0.25) is 0 Å². The normalized spacial score (nSPS) is 13.1. The van der Waals surface area contributed by atoms with Crippen molar-refractivity contribution in [3.63, 3.8) is 0 Å². The highest BCUT2D eigenvalue weighted by Gasteiger charge is 2.18. The number of halogens is 2. The Hall–Kier alpha value is -3.87. The number of hydrogen-bond acceptors (Lipinski definition) is 4. The van der Waals surface area contributed by atoms with Gasteiger partial charge < -0.3 is 9.63 Å². The minimum atomic E-state index is -2.56. The van der Waals surface area contributed by atoms with E-state index < -0.39 is 18.3 Å². The number of aromatic nitrogens is 2. The lowest BCUT2D eigenvalue weighted by Crippen LogP contribution is -2.12. The van der Waals surface area contributed by atoms with E-state index in [0.29, 0.717) is 29.3 Å². The largest absolute Gasteiger partial charge is 0.481 e. The average Bonchev–Trinajstić information content (AvgIpc) is 3.34. The third-order valence-electron chi connectivity index (χ3n) is 6.25. The number of hydrogen-bond donors (Lipinski definition) is 1. The van der Waals surface area contributed by atoms with Crippen LogP contribution in [0.3, 0.4) is 0 Å². The van der Waals surface area contributed by atoms with Gasteiger partial charge in [0.25, 0.3) is 12.3 Å². The SMILES string of the molecule is Cc1cc(-c2nc(-c3ccc([C@@H](C)C[C@H](C)C(=O)O)cc3)no2)ccc1-c1ccccc1C(F)F. The lowest BCUT2D eigenvalue weighted by Gasteiger charge is -2.14. The quantitative estimate of drug-likeness (QED) is 0.284. The number of carboxylic acid groups (broad SMARTS) is 1. The molecule has 0 fully saturated rings. The van der Waals surface area contributed by atoms with Gasteiger partial charge in [0.15, 0.2) is 0 Å². The number of aryl methyl sites for hydroxylation is 1. The van der Waals surface area contributed by atoms with Crippen molar-refractivity contribution in [1.29, 1.82) is 0 Å². The average molecular weight is 477 g/mol. The van der Waals surface area contributed by atoms with E-state index in [9.17, 15) is 13.6 Å². The van der Waals surface area contributed by atoms with Gasteiger partial charge in [-0.15, -0.1) is 0 Å². The van der Waals surface area contributed by atoms with Gasteiger partial charge in [0.2, 0.25) is 5.82 Å². The van der Waals surface area contributed by atoms with E-state index >= 15 is 0 Å². The molecule has 0 saturated carbocycles. The summed E-state index contributed by atoms with van der Waals surface area (Å²) in [5, 5.41) is 13.2. The van der Waals surface area contributed by atoms with Crippen molar-refractivity contribution in [2.24, 2.45) is 5.92 Å². The van der Waals surface area contributed by atoms with Gasteiger partial charge >= 0.3 is 5.97 Å². The van der Waals surface area contributed by atoms with Crippen LogP contribution in [0.5, 0.6) is 0 Å². The van der Waals surface area contributed by atoms with Crippen LogP contribution in [0.4, 0.5) is 8.78 Å². The topological polar surface area (TPSA) is 76.2 Å². The lowest BCUT2D eigenvalue weighted by atomic mass is 9.91. The maximum atomic E-state index is 13.5. The van der Waals surface area contributed by atoms with E-state index in [1.54, 1.807) is 37.3 Å². The van der Waals surface area contributed by atoms with Gasteiger partial charge in [-0.3, -0.25) is 4.79 Å². The van der Waals surface area contributed by atoms with Gasteiger partial charge in [-0.25, -0.2) is 8.78 Å². The van der Waals surface area contributed by atoms with Crippen molar-refractivity contribution < 1.29 is 23.2 Å². The number of benzene rings is 3. The molecule has 5 nitrogen and oxygen atoms in total. The molecule has 0 amide bonds. The van der Waals surface area contributed by atoms with E-state index in [4.69, 9.17) is 9.63 Å². The summed E-state index contributed by atoms with van der Waals surface area (Å²) in [4.78, 5) is 15.6. The summed E-state index contributed by atoms with van der Waals surface area (Å²) >= 11 is 0. The molecule has 7 heteroatoms. The number of carbonyl (C=O) groups is 1. The molecule has 1 aromatic heterocycles. The summed E-state index contributed by atoms with van der Waals surface area (Å²) in [7, 11) is 0. The Balaban J connectivity index is 1.54. The molecule has 0 unspecified atom stereocenters. The summed E-state index contributed by atoms with van der Waals surface area (Å²) in [6.45, 7) is 5.58. The molecule has 0 aliphatic heterocycles. The Kier molecular flexibility index (Phi) is 7.05. The molecule has 0 aliphatic rings. The van der Waals surface area contributed by atoms with Gasteiger partial charge in [0.05, 0.1) is 5.92 Å². The molecule has 35 heavy (non-hydrogen) atoms. The molecule has 1 heterocycles. The molecule has 4 aromatic rings. The molecule has 4 rings (SSSR count). The Morgan fingerprint density at radius 1 is 0.971 bits per heavy atom. The fraction of sp³-hybridized carbons (Fsp3) is 0.250. The van der Waals surface area contributed by atoms with Crippen molar-refractivity contribution in [2.45, 2.75) is 39.5 Å². The van der Waals surface area contributed by atoms with Crippen molar-refractivity contribution >= 4 is 5.97 Å². The molecule has 0 bridgehead atoms. The second kappa shape index (κ2) is 10.2. The zero-order chi connectivity index (χ0) is 25.1. The molecule has 1 N–H and O–H groups in total. The van der Waals surface area contributed by atoms with Crippen molar-refractivity contribution in [2.75, 3.05) is 0 Å². The third kappa shape index (κ3) is 5.29. The fourth-order valence-electron chi connectivity index (χ4n) is 4.22. The highest BCUT2D eigenvalue weighted by molar-refractivity contribution is 5.74. The number of carboxylic acids is 1. The fourth-order valence-corrected chi connectivity index (χ4v) is 4.22. The molecule has 0 radical (unpaired) electrons.